The van der Waals surface area contributed by atoms with E-state index in [2.05, 4.69) is 34.7 Å². The van der Waals surface area contributed by atoms with Gasteiger partial charge in [0.15, 0.2) is 0 Å². The summed E-state index contributed by atoms with van der Waals surface area (Å²) in [4.78, 5) is 12.2. The first-order chi connectivity index (χ1) is 13.7. The molecular formula is C20H30N6S2. The Morgan fingerprint density at radius 1 is 0.821 bits per heavy atom. The molecule has 0 unspecified atom stereocenters. The van der Waals surface area contributed by atoms with Gasteiger partial charge in [0.1, 0.15) is 0 Å². The molecule has 4 rings (SSSR count). The van der Waals surface area contributed by atoms with Crippen LogP contribution in [0.25, 0.3) is 0 Å². The second kappa shape index (κ2) is 9.52. The van der Waals surface area contributed by atoms with Gasteiger partial charge in [0.05, 0.1) is 11.4 Å². The zero-order valence-electron chi connectivity index (χ0n) is 16.8. The van der Waals surface area contributed by atoms with Crippen LogP contribution in [-0.2, 0) is 25.7 Å². The molecule has 0 saturated carbocycles. The number of aryl methyl sites for hydroxylation is 2. The summed E-state index contributed by atoms with van der Waals surface area (Å²) in [6, 6.07) is 1.16. The largest absolute Gasteiger partial charge is 0.314 e. The number of hydrogen-bond donors (Lipinski definition) is 2. The van der Waals surface area contributed by atoms with E-state index in [-0.39, 0.29) is 0 Å². The van der Waals surface area contributed by atoms with Crippen molar-refractivity contribution in [3.05, 3.63) is 21.1 Å². The van der Waals surface area contributed by atoms with Gasteiger partial charge in [0.25, 0.3) is 0 Å². The fourth-order valence-corrected chi connectivity index (χ4v) is 5.95. The molecule has 0 amide bonds. The molecule has 2 heterocycles. The smallest absolute Gasteiger partial charge is 0.230 e. The topological polar surface area (TPSA) is 74.6 Å². The van der Waals surface area contributed by atoms with Gasteiger partial charge in [-0.1, -0.05) is 36.5 Å². The number of aromatic nitrogens is 2. The van der Waals surface area contributed by atoms with E-state index in [9.17, 15) is 0 Å². The fraction of sp³-hybridized carbons (Fsp3) is 0.700. The first kappa shape index (κ1) is 20.1. The highest BCUT2D eigenvalue weighted by Crippen LogP contribution is 2.35. The molecule has 0 bridgehead atoms. The van der Waals surface area contributed by atoms with Crippen molar-refractivity contribution in [3.8, 4) is 0 Å². The number of fused-ring (bicyclic) bond motifs is 2. The molecule has 2 aliphatic carbocycles. The van der Waals surface area contributed by atoms with Crippen LogP contribution in [0.4, 0.5) is 10.3 Å². The second-order valence-corrected chi connectivity index (χ2v) is 9.84. The average molecular weight is 419 g/mol. The molecule has 0 saturated heterocycles. The van der Waals surface area contributed by atoms with Crippen LogP contribution in [-0.4, -0.2) is 35.1 Å². The van der Waals surface area contributed by atoms with Gasteiger partial charge in [0, 0.05) is 21.8 Å². The quantitative estimate of drug-likeness (QED) is 0.608. The molecular weight excluding hydrogens is 388 g/mol. The third kappa shape index (κ3) is 4.84. The maximum atomic E-state index is 4.71. The summed E-state index contributed by atoms with van der Waals surface area (Å²) in [6.45, 7) is 6.61. The third-order valence-electron chi connectivity index (χ3n) is 5.44. The van der Waals surface area contributed by atoms with Gasteiger partial charge in [-0.05, 0) is 64.5 Å². The van der Waals surface area contributed by atoms with E-state index in [1.165, 1.54) is 46.8 Å². The Kier molecular flexibility index (Phi) is 6.82. The summed E-state index contributed by atoms with van der Waals surface area (Å²) in [5, 5.41) is 17.7. The van der Waals surface area contributed by atoms with Crippen molar-refractivity contribution in [2.45, 2.75) is 77.3 Å². The maximum absolute atomic E-state index is 4.71. The molecule has 2 N–H and O–H groups in total. The van der Waals surface area contributed by atoms with Crippen molar-refractivity contribution in [2.75, 3.05) is 13.1 Å². The highest BCUT2D eigenvalue weighted by molar-refractivity contribution is 7.16. The number of rotatable bonds is 8. The third-order valence-corrected chi connectivity index (χ3v) is 7.45. The summed E-state index contributed by atoms with van der Waals surface area (Å²) in [6.07, 6.45) is 8.91. The molecule has 8 heteroatoms. The Hall–Kier alpha value is -1.22. The number of nitrogens with zero attached hydrogens (tertiary/aromatic N) is 4. The lowest BCUT2D eigenvalue weighted by molar-refractivity contribution is 0.459. The zero-order chi connectivity index (χ0) is 19.3. The van der Waals surface area contributed by atoms with E-state index in [4.69, 9.17) is 9.97 Å². The van der Waals surface area contributed by atoms with E-state index >= 15 is 0 Å². The van der Waals surface area contributed by atoms with Gasteiger partial charge in [-0.2, -0.15) is 0 Å². The van der Waals surface area contributed by atoms with E-state index in [1.54, 1.807) is 22.7 Å². The van der Waals surface area contributed by atoms with Gasteiger partial charge < -0.3 is 10.6 Å². The molecule has 2 aliphatic rings. The molecule has 2 atom stereocenters. The van der Waals surface area contributed by atoms with Crippen molar-refractivity contribution >= 4 is 32.9 Å². The number of hydrogen-bond acceptors (Lipinski definition) is 8. The minimum Gasteiger partial charge on any atom is -0.314 e. The summed E-state index contributed by atoms with van der Waals surface area (Å²) >= 11 is 3.38. The minimum absolute atomic E-state index is 0.581. The Labute approximate surface area is 175 Å². The summed E-state index contributed by atoms with van der Waals surface area (Å²) in [7, 11) is 0. The lowest BCUT2D eigenvalue weighted by atomic mass is 9.98. The average Bonchev–Trinajstić information content (AvgIpc) is 3.31. The Balaban J connectivity index is 1.38. The van der Waals surface area contributed by atoms with Crippen molar-refractivity contribution in [1.82, 2.24) is 20.6 Å². The van der Waals surface area contributed by atoms with Crippen LogP contribution in [0, 0.1) is 0 Å². The van der Waals surface area contributed by atoms with Crippen molar-refractivity contribution in [3.63, 3.8) is 0 Å². The molecule has 0 radical (unpaired) electrons. The van der Waals surface area contributed by atoms with Crippen LogP contribution < -0.4 is 10.6 Å². The highest BCUT2D eigenvalue weighted by Gasteiger charge is 2.23. The molecule has 28 heavy (non-hydrogen) atoms. The van der Waals surface area contributed by atoms with Gasteiger partial charge in [0.2, 0.25) is 10.3 Å². The van der Waals surface area contributed by atoms with Crippen LogP contribution in [0.2, 0.25) is 0 Å². The first-order valence-corrected chi connectivity index (χ1v) is 12.2. The van der Waals surface area contributed by atoms with Gasteiger partial charge >= 0.3 is 0 Å². The SMILES string of the molecule is CCCN[C@H]1CCc2nc(N=Nc3nc4c(s3)C[C@@H](NCCC)CC4)sc2C1. The van der Waals surface area contributed by atoms with Crippen molar-refractivity contribution < 1.29 is 0 Å². The van der Waals surface area contributed by atoms with Gasteiger partial charge in [-0.25, -0.2) is 9.97 Å². The van der Waals surface area contributed by atoms with Gasteiger partial charge in [-0.3, -0.25) is 0 Å². The lowest BCUT2D eigenvalue weighted by Crippen LogP contribution is -2.34. The van der Waals surface area contributed by atoms with E-state index in [1.807, 2.05) is 0 Å². The fourth-order valence-electron chi connectivity index (χ4n) is 3.94. The van der Waals surface area contributed by atoms with Gasteiger partial charge in [-0.15, -0.1) is 10.2 Å². The van der Waals surface area contributed by atoms with Crippen LogP contribution >= 0.6 is 22.7 Å². The van der Waals surface area contributed by atoms with Crippen molar-refractivity contribution in [2.24, 2.45) is 10.2 Å². The molecule has 6 nitrogen and oxygen atoms in total. The summed E-state index contributed by atoms with van der Waals surface area (Å²) in [5.41, 5.74) is 2.44. The molecule has 2 aromatic rings. The van der Waals surface area contributed by atoms with E-state index in [0.29, 0.717) is 12.1 Å². The molecule has 0 aliphatic heterocycles. The van der Waals surface area contributed by atoms with Crippen LogP contribution in [0.1, 0.15) is 60.7 Å². The standard InChI is InChI=1S/C20H30N6S2/c1-3-9-21-13-5-7-15-17(11-13)27-19(23-15)25-26-20-24-16-8-6-14(22-10-4-2)12-18(16)28-20/h13-14,21-22H,3-12H2,1-2H3/t13-,14-/m0/s1. The molecule has 0 fully saturated rings. The predicted molar refractivity (Wildman–Crippen MR) is 117 cm³/mol. The Morgan fingerprint density at radius 3 is 1.71 bits per heavy atom. The monoisotopic (exact) mass is 418 g/mol. The second-order valence-electron chi connectivity index (χ2n) is 7.72. The number of azo groups is 1. The van der Waals surface area contributed by atoms with Crippen molar-refractivity contribution in [1.29, 1.82) is 0 Å². The highest BCUT2D eigenvalue weighted by atomic mass is 32.1. The van der Waals surface area contributed by atoms with Crippen LogP contribution in [0.3, 0.4) is 0 Å². The maximum Gasteiger partial charge on any atom is 0.230 e. The predicted octanol–water partition coefficient (Wildman–Crippen LogP) is 4.73. The number of nitrogens with one attached hydrogen (secondary N) is 2. The molecule has 0 aromatic carbocycles. The van der Waals surface area contributed by atoms with Crippen LogP contribution in [0.15, 0.2) is 10.2 Å². The Morgan fingerprint density at radius 2 is 1.29 bits per heavy atom. The molecule has 2 aromatic heterocycles. The lowest BCUT2D eigenvalue weighted by Gasteiger charge is -2.21. The molecule has 0 spiro atoms. The summed E-state index contributed by atoms with van der Waals surface area (Å²) < 4.78 is 0. The minimum atomic E-state index is 0.581. The Bertz CT molecular complexity index is 745. The van der Waals surface area contributed by atoms with Crippen LogP contribution in [0.5, 0.6) is 0 Å². The first-order valence-electron chi connectivity index (χ1n) is 10.6. The summed E-state index contributed by atoms with van der Waals surface area (Å²) in [5.74, 6) is 0. The molecule has 152 valence electrons. The van der Waals surface area contributed by atoms with E-state index in [0.717, 1.165) is 49.0 Å². The number of thiazole rings is 2. The normalized spacial score (nSPS) is 21.8. The van der Waals surface area contributed by atoms with E-state index < -0.39 is 0 Å². The zero-order valence-corrected chi connectivity index (χ0v) is 18.5.